The Bertz CT molecular complexity index is 3300. The van der Waals surface area contributed by atoms with Crippen molar-refractivity contribution in [2.45, 2.75) is 0 Å². The van der Waals surface area contributed by atoms with Crippen LogP contribution in [0.3, 0.4) is 0 Å². The highest BCUT2D eigenvalue weighted by atomic mass is 32.1. The molecule has 0 atom stereocenters. The van der Waals surface area contributed by atoms with Crippen LogP contribution in [-0.4, -0.2) is 29.9 Å². The molecule has 61 heavy (non-hydrogen) atoms. The average Bonchev–Trinajstić information content (AvgIpc) is 3.73. The number of hydrogen-bond acceptors (Lipinski definition) is 7. The van der Waals surface area contributed by atoms with Crippen molar-refractivity contribution in [3.63, 3.8) is 0 Å². The monoisotopic (exact) mass is 798 g/mol. The van der Waals surface area contributed by atoms with E-state index in [1.54, 1.807) is 0 Å². The minimum absolute atomic E-state index is 0.541. The molecular formula is C54H34N6S. The van der Waals surface area contributed by atoms with Gasteiger partial charge < -0.3 is 0 Å². The van der Waals surface area contributed by atoms with Crippen molar-refractivity contribution in [2.75, 3.05) is 0 Å². The zero-order chi connectivity index (χ0) is 40.5. The van der Waals surface area contributed by atoms with Gasteiger partial charge in [-0.05, 0) is 46.5 Å². The highest BCUT2D eigenvalue weighted by molar-refractivity contribution is 7.25. The maximum Gasteiger partial charge on any atom is 0.164 e. The molecule has 3 heterocycles. The van der Waals surface area contributed by atoms with E-state index in [0.717, 1.165) is 55.6 Å². The molecule has 7 heteroatoms. The van der Waals surface area contributed by atoms with Gasteiger partial charge in [-0.3, -0.25) is 0 Å². The van der Waals surface area contributed by atoms with E-state index < -0.39 is 0 Å². The van der Waals surface area contributed by atoms with Crippen molar-refractivity contribution in [3.05, 3.63) is 206 Å². The summed E-state index contributed by atoms with van der Waals surface area (Å²) < 4.78 is 2.50. The topological polar surface area (TPSA) is 77.3 Å². The number of hydrogen-bond donors (Lipinski definition) is 0. The molecule has 286 valence electrons. The van der Waals surface area contributed by atoms with Crippen LogP contribution >= 0.6 is 11.3 Å². The molecule has 0 unspecified atom stereocenters. The van der Waals surface area contributed by atoms with Gasteiger partial charge in [0.1, 0.15) is 0 Å². The van der Waals surface area contributed by atoms with E-state index >= 15 is 0 Å². The van der Waals surface area contributed by atoms with Crippen LogP contribution in [0.5, 0.6) is 0 Å². The van der Waals surface area contributed by atoms with Crippen LogP contribution < -0.4 is 0 Å². The van der Waals surface area contributed by atoms with Crippen LogP contribution in [0, 0.1) is 0 Å². The number of aromatic nitrogens is 6. The Kier molecular flexibility index (Phi) is 9.26. The van der Waals surface area contributed by atoms with Gasteiger partial charge in [0.05, 0.1) is 0 Å². The molecule has 6 nitrogen and oxygen atoms in total. The van der Waals surface area contributed by atoms with Crippen LogP contribution in [0.25, 0.3) is 111 Å². The average molecular weight is 799 g/mol. The summed E-state index contributed by atoms with van der Waals surface area (Å²) >= 11 is 1.81. The summed E-state index contributed by atoms with van der Waals surface area (Å²) in [5.41, 5.74) is 9.41. The van der Waals surface area contributed by atoms with Gasteiger partial charge in [-0.2, -0.15) is 0 Å². The van der Waals surface area contributed by atoms with Gasteiger partial charge in [0.25, 0.3) is 0 Å². The molecule has 0 saturated carbocycles. The zero-order valence-corrected chi connectivity index (χ0v) is 33.5. The molecule has 0 N–H and O–H groups in total. The van der Waals surface area contributed by atoms with Crippen molar-refractivity contribution in [3.8, 4) is 90.6 Å². The summed E-state index contributed by atoms with van der Waals surface area (Å²) in [7, 11) is 0. The quantitative estimate of drug-likeness (QED) is 0.152. The first-order chi connectivity index (χ1) is 30.2. The number of rotatable bonds is 8. The van der Waals surface area contributed by atoms with Crippen molar-refractivity contribution in [1.29, 1.82) is 0 Å². The molecule has 0 fully saturated rings. The van der Waals surface area contributed by atoms with Crippen LogP contribution in [0.2, 0.25) is 0 Å². The molecule has 0 saturated heterocycles. The lowest BCUT2D eigenvalue weighted by Crippen LogP contribution is -2.03. The van der Waals surface area contributed by atoms with Crippen LogP contribution in [0.4, 0.5) is 0 Å². The third-order valence-corrected chi connectivity index (χ3v) is 12.0. The molecule has 0 aliphatic carbocycles. The Morgan fingerprint density at radius 2 is 0.639 bits per heavy atom. The normalized spacial score (nSPS) is 11.3. The van der Waals surface area contributed by atoms with Crippen molar-refractivity contribution in [2.24, 2.45) is 0 Å². The number of nitrogens with zero attached hydrogens (tertiary/aromatic N) is 6. The van der Waals surface area contributed by atoms with E-state index in [4.69, 9.17) is 29.9 Å². The number of fused-ring (bicyclic) bond motifs is 3. The van der Waals surface area contributed by atoms with Gasteiger partial charge in [-0.15, -0.1) is 11.3 Å². The first-order valence-corrected chi connectivity index (χ1v) is 20.9. The fraction of sp³-hybridized carbons (Fsp3) is 0. The molecule has 3 aromatic heterocycles. The standard InChI is InChI=1S/C54H34N6S/c1-5-17-35(18-6-1)41-25-13-14-27-44(41)53-58-51(38-23-11-4-12-24-38)59-54(60-53)46-34-40(29-31-42(46)39-30-32-48-45(33-39)43-26-15-16-28-47(43)61-48)52-56-49(36-19-7-2-8-20-36)55-50(57-52)37-21-9-3-10-22-37/h1-34H. The predicted molar refractivity (Wildman–Crippen MR) is 250 cm³/mol. The minimum atomic E-state index is 0.541. The van der Waals surface area contributed by atoms with Gasteiger partial charge in [0.2, 0.25) is 0 Å². The third-order valence-electron chi connectivity index (χ3n) is 10.8. The van der Waals surface area contributed by atoms with Crippen LogP contribution in [-0.2, 0) is 0 Å². The summed E-state index contributed by atoms with van der Waals surface area (Å²) in [4.78, 5) is 31.0. The Labute approximate surface area is 356 Å². The number of benzene rings is 8. The molecule has 0 radical (unpaired) electrons. The van der Waals surface area contributed by atoms with Crippen molar-refractivity contribution in [1.82, 2.24) is 29.9 Å². The van der Waals surface area contributed by atoms with E-state index in [2.05, 4.69) is 103 Å². The summed E-state index contributed by atoms with van der Waals surface area (Å²) in [6, 6.07) is 70.6. The second-order valence-corrected chi connectivity index (χ2v) is 15.8. The van der Waals surface area contributed by atoms with E-state index in [9.17, 15) is 0 Å². The smallest absolute Gasteiger partial charge is 0.164 e. The van der Waals surface area contributed by atoms with E-state index in [-0.39, 0.29) is 0 Å². The van der Waals surface area contributed by atoms with E-state index in [1.165, 1.54) is 20.2 Å². The minimum Gasteiger partial charge on any atom is -0.208 e. The Balaban J connectivity index is 1.17. The van der Waals surface area contributed by atoms with Crippen LogP contribution in [0.15, 0.2) is 206 Å². The highest BCUT2D eigenvalue weighted by Crippen LogP contribution is 2.41. The van der Waals surface area contributed by atoms with Gasteiger partial charge in [-0.25, -0.2) is 29.9 Å². The zero-order valence-electron chi connectivity index (χ0n) is 32.7. The van der Waals surface area contributed by atoms with E-state index in [0.29, 0.717) is 34.9 Å². The summed E-state index contributed by atoms with van der Waals surface area (Å²) in [5.74, 6) is 3.44. The van der Waals surface area contributed by atoms with Crippen molar-refractivity contribution < 1.29 is 0 Å². The lowest BCUT2D eigenvalue weighted by molar-refractivity contribution is 1.07. The third kappa shape index (κ3) is 7.03. The maximum atomic E-state index is 5.37. The summed E-state index contributed by atoms with van der Waals surface area (Å²) in [6.07, 6.45) is 0. The molecule has 8 aromatic carbocycles. The van der Waals surface area contributed by atoms with Gasteiger partial charge in [0.15, 0.2) is 34.9 Å². The second-order valence-electron chi connectivity index (χ2n) is 14.7. The molecule has 0 amide bonds. The fourth-order valence-electron chi connectivity index (χ4n) is 7.83. The van der Waals surface area contributed by atoms with Crippen LogP contribution in [0.1, 0.15) is 0 Å². The van der Waals surface area contributed by atoms with Gasteiger partial charge >= 0.3 is 0 Å². The first kappa shape index (κ1) is 36.1. The summed E-state index contributed by atoms with van der Waals surface area (Å²) in [6.45, 7) is 0. The highest BCUT2D eigenvalue weighted by Gasteiger charge is 2.21. The molecule has 0 bridgehead atoms. The number of thiophene rings is 1. The lowest BCUT2D eigenvalue weighted by Gasteiger charge is -2.15. The lowest BCUT2D eigenvalue weighted by atomic mass is 9.95. The first-order valence-electron chi connectivity index (χ1n) is 20.1. The molecule has 0 aliphatic rings. The molecular weight excluding hydrogens is 765 g/mol. The Morgan fingerprint density at radius 1 is 0.230 bits per heavy atom. The van der Waals surface area contributed by atoms with Gasteiger partial charge in [0, 0.05) is 53.6 Å². The molecule has 11 rings (SSSR count). The second kappa shape index (κ2) is 15.6. The van der Waals surface area contributed by atoms with E-state index in [1.807, 2.05) is 114 Å². The summed E-state index contributed by atoms with van der Waals surface area (Å²) in [5, 5.41) is 2.45. The maximum absolute atomic E-state index is 5.37. The predicted octanol–water partition coefficient (Wildman–Crippen LogP) is 13.8. The molecule has 0 spiro atoms. The fourth-order valence-corrected chi connectivity index (χ4v) is 8.92. The Morgan fingerprint density at radius 3 is 1.25 bits per heavy atom. The SMILES string of the molecule is c1ccc(-c2nc(-c3ccccc3)nc(-c3ccc(-c4ccc5sc6ccccc6c5c4)c(-c4nc(-c5ccccc5)nc(-c5ccccc5-c5ccccc5)n4)c3)n2)cc1. The molecule has 11 aromatic rings. The molecule has 0 aliphatic heterocycles. The van der Waals surface area contributed by atoms with Gasteiger partial charge in [-0.1, -0.05) is 182 Å². The van der Waals surface area contributed by atoms with Crippen molar-refractivity contribution >= 4 is 31.5 Å². The largest absolute Gasteiger partial charge is 0.208 e. The Hall–Kier alpha value is -8.00.